The Balaban J connectivity index is 2.52. The maximum Gasteiger partial charge on any atom is 0.328 e. The minimum Gasteiger partial charge on any atom is -0.480 e. The molecule has 0 spiro atoms. The van der Waals surface area contributed by atoms with Crippen molar-refractivity contribution in [2.45, 2.75) is 18.9 Å². The summed E-state index contributed by atoms with van der Waals surface area (Å²) in [6.45, 7) is -1.15. The third-order valence-corrected chi connectivity index (χ3v) is 3.01. The maximum absolute atomic E-state index is 12.3. The van der Waals surface area contributed by atoms with Gasteiger partial charge in [0.1, 0.15) is 6.67 Å². The molecule has 0 fully saturated rings. The molecule has 19 heavy (non-hydrogen) atoms. The number of halogens is 3. The summed E-state index contributed by atoms with van der Waals surface area (Å²) < 4.78 is 12.3. The smallest absolute Gasteiger partial charge is 0.328 e. The highest BCUT2D eigenvalue weighted by Crippen LogP contribution is 2.21. The molecule has 0 saturated heterocycles. The predicted octanol–water partition coefficient (Wildman–Crippen LogP) is 2.46. The molecule has 0 aliphatic heterocycles. The lowest BCUT2D eigenvalue weighted by Crippen LogP contribution is -2.42. The van der Waals surface area contributed by atoms with Crippen LogP contribution in [0.5, 0.6) is 0 Å². The predicted molar refractivity (Wildman–Crippen MR) is 70.3 cm³/mol. The molecule has 0 heterocycles. The Morgan fingerprint density at radius 2 is 2.05 bits per heavy atom. The molecule has 1 aromatic rings. The summed E-state index contributed by atoms with van der Waals surface area (Å²) >= 11 is 11.7. The van der Waals surface area contributed by atoms with Gasteiger partial charge in [-0.25, -0.2) is 9.18 Å². The third kappa shape index (κ3) is 5.04. The van der Waals surface area contributed by atoms with E-state index in [9.17, 15) is 14.0 Å². The van der Waals surface area contributed by atoms with E-state index in [4.69, 9.17) is 28.3 Å². The summed E-state index contributed by atoms with van der Waals surface area (Å²) in [6.07, 6.45) is 0.339. The number of amides is 1. The summed E-state index contributed by atoms with van der Waals surface area (Å²) in [5.41, 5.74) is 0.716. The molecule has 1 aromatic carbocycles. The van der Waals surface area contributed by atoms with Gasteiger partial charge in [0.25, 0.3) is 0 Å². The van der Waals surface area contributed by atoms with Crippen molar-refractivity contribution in [2.75, 3.05) is 6.67 Å². The van der Waals surface area contributed by atoms with Crippen LogP contribution in [0.1, 0.15) is 12.0 Å². The fraction of sp³-hybridized carbons (Fsp3) is 0.333. The third-order valence-electron chi connectivity index (χ3n) is 2.42. The molecule has 0 saturated carbocycles. The number of rotatable bonds is 6. The molecular weight excluding hydrogens is 296 g/mol. The van der Waals surface area contributed by atoms with Crippen LogP contribution in [-0.2, 0) is 16.0 Å². The van der Waals surface area contributed by atoms with Crippen LogP contribution in [0.15, 0.2) is 18.2 Å². The second-order valence-electron chi connectivity index (χ2n) is 3.85. The molecule has 2 N–H and O–H groups in total. The molecule has 0 aromatic heterocycles. The van der Waals surface area contributed by atoms with Gasteiger partial charge in [0.15, 0.2) is 6.04 Å². The van der Waals surface area contributed by atoms with E-state index in [1.165, 1.54) is 0 Å². The van der Waals surface area contributed by atoms with Crippen LogP contribution in [0, 0.1) is 0 Å². The Hall–Kier alpha value is -1.33. The summed E-state index contributed by atoms with van der Waals surface area (Å²) in [6, 6.07) is 3.37. The zero-order valence-corrected chi connectivity index (χ0v) is 11.3. The van der Waals surface area contributed by atoms with Crippen LogP contribution in [0.4, 0.5) is 4.39 Å². The highest BCUT2D eigenvalue weighted by atomic mass is 35.5. The first-order valence-corrected chi connectivity index (χ1v) is 6.21. The van der Waals surface area contributed by atoms with Gasteiger partial charge < -0.3 is 10.4 Å². The molecule has 1 atom stereocenters. The lowest BCUT2D eigenvalue weighted by Gasteiger charge is -2.11. The number of carbonyl (C=O) groups is 2. The Labute approximate surface area is 119 Å². The number of nitrogens with one attached hydrogen (secondary N) is 1. The van der Waals surface area contributed by atoms with E-state index >= 15 is 0 Å². The topological polar surface area (TPSA) is 66.4 Å². The summed E-state index contributed by atoms with van der Waals surface area (Å²) in [7, 11) is 0. The minimum atomic E-state index is -1.51. The van der Waals surface area contributed by atoms with Crippen LogP contribution in [-0.4, -0.2) is 29.7 Å². The molecular formula is C12H12Cl2FNO3. The van der Waals surface area contributed by atoms with E-state index in [0.717, 1.165) is 0 Å². The number of hydrogen-bond acceptors (Lipinski definition) is 2. The minimum absolute atomic E-state index is 0.0190. The number of benzene rings is 1. The van der Waals surface area contributed by atoms with Gasteiger partial charge in [0, 0.05) is 16.5 Å². The summed E-state index contributed by atoms with van der Waals surface area (Å²) in [5, 5.41) is 11.6. The van der Waals surface area contributed by atoms with Crippen LogP contribution in [0.25, 0.3) is 0 Å². The van der Waals surface area contributed by atoms with Crippen LogP contribution in [0.3, 0.4) is 0 Å². The monoisotopic (exact) mass is 307 g/mol. The van der Waals surface area contributed by atoms with Crippen molar-refractivity contribution >= 4 is 35.1 Å². The first-order chi connectivity index (χ1) is 8.93. The van der Waals surface area contributed by atoms with E-state index in [1.54, 1.807) is 18.2 Å². The van der Waals surface area contributed by atoms with E-state index in [0.29, 0.717) is 22.0 Å². The Morgan fingerprint density at radius 1 is 1.37 bits per heavy atom. The van der Waals surface area contributed by atoms with Crippen LogP contribution >= 0.6 is 23.2 Å². The average molecular weight is 308 g/mol. The van der Waals surface area contributed by atoms with Crippen molar-refractivity contribution in [2.24, 2.45) is 0 Å². The standard InChI is InChI=1S/C12H12Cl2FNO3/c13-8-3-1-7(9(14)5-8)2-4-11(17)16-10(6-15)12(18)19/h1,3,5,10H,2,4,6H2,(H,16,17)(H,18,19). The highest BCUT2D eigenvalue weighted by molar-refractivity contribution is 6.35. The molecule has 1 rings (SSSR count). The zero-order chi connectivity index (χ0) is 14.4. The average Bonchev–Trinajstić information content (AvgIpc) is 2.34. The van der Waals surface area contributed by atoms with Gasteiger partial charge in [-0.05, 0) is 24.1 Å². The number of hydrogen-bond donors (Lipinski definition) is 2. The van der Waals surface area contributed by atoms with Gasteiger partial charge in [-0.3, -0.25) is 4.79 Å². The van der Waals surface area contributed by atoms with Crippen LogP contribution in [0.2, 0.25) is 10.0 Å². The number of carboxylic acids is 1. The molecule has 0 aliphatic carbocycles. The van der Waals surface area contributed by atoms with Crippen molar-refractivity contribution in [1.82, 2.24) is 5.32 Å². The van der Waals surface area contributed by atoms with Crippen molar-refractivity contribution < 1.29 is 19.1 Å². The van der Waals surface area contributed by atoms with Crippen molar-refractivity contribution in [1.29, 1.82) is 0 Å². The lowest BCUT2D eigenvalue weighted by molar-refractivity contribution is -0.142. The van der Waals surface area contributed by atoms with E-state index in [2.05, 4.69) is 5.32 Å². The number of carbonyl (C=O) groups excluding carboxylic acids is 1. The SMILES string of the molecule is O=C(CCc1ccc(Cl)cc1Cl)NC(CF)C(=O)O. The second kappa shape index (κ2) is 7.31. The quantitative estimate of drug-likeness (QED) is 0.848. The van der Waals surface area contributed by atoms with Gasteiger partial charge in [0.05, 0.1) is 0 Å². The summed E-state index contributed by atoms with van der Waals surface area (Å²) in [5.74, 6) is -1.95. The molecule has 104 valence electrons. The molecule has 4 nitrogen and oxygen atoms in total. The van der Waals surface area contributed by atoms with Crippen molar-refractivity contribution in [3.63, 3.8) is 0 Å². The van der Waals surface area contributed by atoms with E-state index < -0.39 is 24.6 Å². The van der Waals surface area contributed by atoms with Gasteiger partial charge in [0.2, 0.25) is 5.91 Å². The molecule has 0 bridgehead atoms. The lowest BCUT2D eigenvalue weighted by atomic mass is 10.1. The van der Waals surface area contributed by atoms with Crippen LogP contribution < -0.4 is 5.32 Å². The number of aryl methyl sites for hydroxylation is 1. The molecule has 1 amide bonds. The summed E-state index contributed by atoms with van der Waals surface area (Å²) in [4.78, 5) is 22.0. The second-order valence-corrected chi connectivity index (χ2v) is 4.69. The van der Waals surface area contributed by atoms with Gasteiger partial charge in [-0.1, -0.05) is 29.3 Å². The van der Waals surface area contributed by atoms with E-state index in [1.807, 2.05) is 0 Å². The Morgan fingerprint density at radius 3 is 2.58 bits per heavy atom. The fourth-order valence-electron chi connectivity index (χ4n) is 1.41. The zero-order valence-electron chi connectivity index (χ0n) is 9.83. The van der Waals surface area contributed by atoms with Crippen molar-refractivity contribution in [3.8, 4) is 0 Å². The molecule has 0 radical (unpaired) electrons. The van der Waals surface area contributed by atoms with Crippen molar-refractivity contribution in [3.05, 3.63) is 33.8 Å². The Kier molecular flexibility index (Phi) is 6.05. The molecule has 1 unspecified atom stereocenters. The molecule has 7 heteroatoms. The fourth-order valence-corrected chi connectivity index (χ4v) is 1.91. The molecule has 0 aliphatic rings. The Bertz CT molecular complexity index is 482. The van der Waals surface area contributed by atoms with Gasteiger partial charge in [-0.15, -0.1) is 0 Å². The highest BCUT2D eigenvalue weighted by Gasteiger charge is 2.19. The maximum atomic E-state index is 12.3. The van der Waals surface area contributed by atoms with E-state index in [-0.39, 0.29) is 6.42 Å². The first-order valence-electron chi connectivity index (χ1n) is 5.46. The van der Waals surface area contributed by atoms with Gasteiger partial charge >= 0.3 is 5.97 Å². The normalized spacial score (nSPS) is 11.9. The number of aliphatic carboxylic acids is 1. The number of carboxylic acid groups (broad SMARTS) is 1. The largest absolute Gasteiger partial charge is 0.480 e. The number of alkyl halides is 1. The first kappa shape index (κ1) is 15.7. The van der Waals surface area contributed by atoms with Gasteiger partial charge in [-0.2, -0.15) is 0 Å².